The van der Waals surface area contributed by atoms with Crippen LogP contribution in [0.5, 0.6) is 0 Å². The van der Waals surface area contributed by atoms with E-state index in [2.05, 4.69) is 20.8 Å². The smallest absolute Gasteiger partial charge is 0.336 e. The monoisotopic (exact) mass is 337 g/mol. The van der Waals surface area contributed by atoms with Crippen molar-refractivity contribution in [2.24, 2.45) is 0 Å². The summed E-state index contributed by atoms with van der Waals surface area (Å²) in [5.41, 5.74) is 0.374. The molecule has 0 heterocycles. The highest BCUT2D eigenvalue weighted by atomic mass is 79.9. The van der Waals surface area contributed by atoms with Crippen molar-refractivity contribution in [3.8, 4) is 0 Å². The summed E-state index contributed by atoms with van der Waals surface area (Å²) in [6.45, 7) is 3.37. The predicted molar refractivity (Wildman–Crippen MR) is 67.8 cm³/mol. The molecule has 100 valence electrons. The zero-order valence-electron chi connectivity index (χ0n) is 9.73. The van der Waals surface area contributed by atoms with E-state index in [1.807, 2.05) is 4.89 Å². The van der Waals surface area contributed by atoms with Gasteiger partial charge in [0.05, 0.1) is 17.1 Å². The third kappa shape index (κ3) is 3.29. The molecule has 0 aromatic heterocycles. The lowest BCUT2D eigenvalue weighted by molar-refractivity contribution is 0.0695. The van der Waals surface area contributed by atoms with E-state index in [0.717, 1.165) is 6.07 Å². The van der Waals surface area contributed by atoms with Gasteiger partial charge in [0.1, 0.15) is 0 Å². The van der Waals surface area contributed by atoms with Crippen LogP contribution >= 0.6 is 15.9 Å². The van der Waals surface area contributed by atoms with Gasteiger partial charge >= 0.3 is 5.97 Å². The molecule has 0 aliphatic rings. The second-order valence-electron chi connectivity index (χ2n) is 3.40. The van der Waals surface area contributed by atoms with Crippen LogP contribution in [0.3, 0.4) is 0 Å². The van der Waals surface area contributed by atoms with Gasteiger partial charge in [-0.3, -0.25) is 4.84 Å². The van der Waals surface area contributed by atoms with E-state index < -0.39 is 16.0 Å². The molecule has 0 fully saturated rings. The highest BCUT2D eigenvalue weighted by Crippen LogP contribution is 2.24. The number of carbonyl (C=O) groups is 1. The molecule has 0 bridgehead atoms. The topological polar surface area (TPSA) is 92.7 Å². The quantitative estimate of drug-likeness (QED) is 0.797. The molecule has 0 unspecified atom stereocenters. The number of hydrogen-bond acceptors (Lipinski definition) is 4. The first-order valence-corrected chi connectivity index (χ1v) is 7.24. The Morgan fingerprint density at radius 1 is 1.50 bits per heavy atom. The molecule has 0 aliphatic carbocycles. The first-order chi connectivity index (χ1) is 8.29. The molecule has 8 heteroatoms. The van der Waals surface area contributed by atoms with Crippen LogP contribution in [0.15, 0.2) is 21.5 Å². The van der Waals surface area contributed by atoms with Crippen molar-refractivity contribution < 1.29 is 23.2 Å². The maximum absolute atomic E-state index is 11.8. The molecule has 0 atom stereocenters. The Morgan fingerprint density at radius 2 is 2.11 bits per heavy atom. The Balaban J connectivity index is 3.31. The number of aromatic carboxylic acids is 1. The van der Waals surface area contributed by atoms with Crippen LogP contribution in [0.1, 0.15) is 22.8 Å². The average molecular weight is 338 g/mol. The van der Waals surface area contributed by atoms with Gasteiger partial charge in [0.25, 0.3) is 10.0 Å². The normalized spacial score (nSPS) is 11.5. The van der Waals surface area contributed by atoms with E-state index in [0.29, 0.717) is 10.0 Å². The van der Waals surface area contributed by atoms with Crippen molar-refractivity contribution in [1.29, 1.82) is 0 Å². The summed E-state index contributed by atoms with van der Waals surface area (Å²) < 4.78 is 24.0. The van der Waals surface area contributed by atoms with Crippen LogP contribution in [-0.2, 0) is 14.9 Å². The van der Waals surface area contributed by atoms with Gasteiger partial charge in [-0.25, -0.2) is 13.2 Å². The lowest BCUT2D eigenvalue weighted by Gasteiger charge is -2.09. The summed E-state index contributed by atoms with van der Waals surface area (Å²) in [4.78, 5) is 17.3. The molecule has 1 aromatic carbocycles. The maximum atomic E-state index is 11.8. The second kappa shape index (κ2) is 5.79. The number of rotatable bonds is 5. The summed E-state index contributed by atoms with van der Waals surface area (Å²) >= 11 is 3.13. The number of sulfonamides is 1. The molecular formula is C10H12BrNO5S. The molecule has 2 N–H and O–H groups in total. The molecular weight excluding hydrogens is 326 g/mol. The third-order valence-electron chi connectivity index (χ3n) is 2.17. The van der Waals surface area contributed by atoms with Crippen molar-refractivity contribution in [2.75, 3.05) is 6.61 Å². The van der Waals surface area contributed by atoms with E-state index in [4.69, 9.17) is 5.11 Å². The molecule has 0 spiro atoms. The summed E-state index contributed by atoms with van der Waals surface area (Å²) in [5, 5.41) is 8.99. The van der Waals surface area contributed by atoms with Crippen molar-refractivity contribution in [2.45, 2.75) is 18.7 Å². The standard InChI is InChI=1S/C10H12BrNO5S/c1-3-17-12-18(15,16)7-4-8(10(13)14)6(2)9(11)5-7/h4-5,12H,3H2,1-2H3,(H,13,14). The van der Waals surface area contributed by atoms with Crippen LogP contribution < -0.4 is 4.89 Å². The predicted octanol–water partition coefficient (Wildman–Crippen LogP) is 1.69. The fourth-order valence-corrected chi connectivity index (χ4v) is 2.74. The van der Waals surface area contributed by atoms with Crippen LogP contribution in [0.25, 0.3) is 0 Å². The lowest BCUT2D eigenvalue weighted by atomic mass is 10.1. The number of carboxylic acid groups (broad SMARTS) is 1. The van der Waals surface area contributed by atoms with Crippen LogP contribution in [-0.4, -0.2) is 26.1 Å². The van der Waals surface area contributed by atoms with Gasteiger partial charge in [0, 0.05) is 4.47 Å². The Bertz CT molecular complexity index is 570. The molecule has 0 radical (unpaired) electrons. The highest BCUT2D eigenvalue weighted by molar-refractivity contribution is 9.10. The van der Waals surface area contributed by atoms with Gasteiger partial charge in [-0.15, -0.1) is 0 Å². The Hall–Kier alpha value is -0.960. The average Bonchev–Trinajstić information content (AvgIpc) is 2.29. The highest BCUT2D eigenvalue weighted by Gasteiger charge is 2.19. The fourth-order valence-electron chi connectivity index (χ4n) is 1.22. The van der Waals surface area contributed by atoms with Gasteiger partial charge < -0.3 is 5.11 Å². The van der Waals surface area contributed by atoms with Crippen LogP contribution in [0.2, 0.25) is 0 Å². The van der Waals surface area contributed by atoms with Gasteiger partial charge in [0.2, 0.25) is 0 Å². The van der Waals surface area contributed by atoms with Gasteiger partial charge in [-0.2, -0.15) is 0 Å². The first-order valence-electron chi connectivity index (χ1n) is 4.96. The van der Waals surface area contributed by atoms with Crippen molar-refractivity contribution in [3.05, 3.63) is 27.7 Å². The minimum Gasteiger partial charge on any atom is -0.478 e. The molecule has 1 rings (SSSR count). The van der Waals surface area contributed by atoms with E-state index in [1.54, 1.807) is 13.8 Å². The fraction of sp³-hybridized carbons (Fsp3) is 0.300. The van der Waals surface area contributed by atoms with E-state index in [9.17, 15) is 13.2 Å². The molecule has 0 aliphatic heterocycles. The maximum Gasteiger partial charge on any atom is 0.336 e. The van der Waals surface area contributed by atoms with E-state index >= 15 is 0 Å². The molecule has 1 aromatic rings. The summed E-state index contributed by atoms with van der Waals surface area (Å²) in [6.07, 6.45) is 0. The molecule has 6 nitrogen and oxygen atoms in total. The minimum atomic E-state index is -3.88. The van der Waals surface area contributed by atoms with Crippen LogP contribution in [0, 0.1) is 6.92 Å². The summed E-state index contributed by atoms with van der Waals surface area (Å²) in [7, 11) is -3.88. The summed E-state index contributed by atoms with van der Waals surface area (Å²) in [6, 6.07) is 2.41. The Kier molecular flexibility index (Phi) is 4.85. The SMILES string of the molecule is CCONS(=O)(=O)c1cc(Br)c(C)c(C(=O)O)c1. The third-order valence-corrected chi connectivity index (χ3v) is 4.19. The Labute approximate surface area is 113 Å². The number of hydrogen-bond donors (Lipinski definition) is 2. The van der Waals surface area contributed by atoms with Crippen molar-refractivity contribution in [1.82, 2.24) is 4.89 Å². The number of nitrogens with one attached hydrogen (secondary N) is 1. The zero-order chi connectivity index (χ0) is 13.9. The number of halogens is 1. The molecule has 0 saturated heterocycles. The van der Waals surface area contributed by atoms with Crippen LogP contribution in [0.4, 0.5) is 0 Å². The zero-order valence-corrected chi connectivity index (χ0v) is 12.1. The van der Waals surface area contributed by atoms with Gasteiger partial charge in [-0.05, 0) is 31.5 Å². The molecule has 18 heavy (non-hydrogen) atoms. The lowest BCUT2D eigenvalue weighted by Crippen LogP contribution is -2.24. The minimum absolute atomic E-state index is 0.0822. The largest absolute Gasteiger partial charge is 0.478 e. The van der Waals surface area contributed by atoms with E-state index in [-0.39, 0.29) is 17.1 Å². The number of benzene rings is 1. The van der Waals surface area contributed by atoms with Crippen molar-refractivity contribution >= 4 is 31.9 Å². The van der Waals surface area contributed by atoms with Gasteiger partial charge in [-0.1, -0.05) is 20.8 Å². The van der Waals surface area contributed by atoms with Crippen molar-refractivity contribution in [3.63, 3.8) is 0 Å². The summed E-state index contributed by atoms with van der Waals surface area (Å²) in [5.74, 6) is -1.19. The Morgan fingerprint density at radius 3 is 2.61 bits per heavy atom. The first kappa shape index (κ1) is 15.1. The van der Waals surface area contributed by atoms with Gasteiger partial charge in [0.15, 0.2) is 0 Å². The van der Waals surface area contributed by atoms with E-state index in [1.165, 1.54) is 6.07 Å². The second-order valence-corrected chi connectivity index (χ2v) is 5.90. The molecule has 0 amide bonds. The molecule has 0 saturated carbocycles. The number of carboxylic acids is 1.